The van der Waals surface area contributed by atoms with E-state index in [9.17, 15) is 8.42 Å². The number of hydrogen-bond donors (Lipinski definition) is 2. The molecule has 5 heteroatoms. The van der Waals surface area contributed by atoms with Gasteiger partial charge in [-0.3, -0.25) is 0 Å². The van der Waals surface area contributed by atoms with Crippen LogP contribution in [0.1, 0.15) is 46.5 Å². The molecular weight excluding hydrogens is 236 g/mol. The largest absolute Gasteiger partial charge is 0.316 e. The van der Waals surface area contributed by atoms with Gasteiger partial charge in [-0.1, -0.05) is 40.0 Å². The van der Waals surface area contributed by atoms with E-state index in [4.69, 9.17) is 0 Å². The van der Waals surface area contributed by atoms with Gasteiger partial charge in [-0.2, -0.15) is 0 Å². The summed E-state index contributed by atoms with van der Waals surface area (Å²) in [4.78, 5) is 0. The molecule has 0 heterocycles. The van der Waals surface area contributed by atoms with Gasteiger partial charge in [0.15, 0.2) is 0 Å². The van der Waals surface area contributed by atoms with Crippen molar-refractivity contribution in [1.29, 1.82) is 0 Å². The second kappa shape index (κ2) is 9.85. The Bertz CT molecular complexity index is 266. The molecule has 0 aromatic heterocycles. The van der Waals surface area contributed by atoms with Gasteiger partial charge in [0.2, 0.25) is 10.0 Å². The number of hydrogen-bond acceptors (Lipinski definition) is 3. The Balaban J connectivity index is 3.88. The van der Waals surface area contributed by atoms with Gasteiger partial charge >= 0.3 is 0 Å². The van der Waals surface area contributed by atoms with E-state index >= 15 is 0 Å². The molecule has 0 amide bonds. The predicted molar refractivity (Wildman–Crippen MR) is 73.6 cm³/mol. The van der Waals surface area contributed by atoms with E-state index in [2.05, 4.69) is 23.9 Å². The van der Waals surface area contributed by atoms with Crippen molar-refractivity contribution in [3.8, 4) is 0 Å². The predicted octanol–water partition coefficient (Wildman–Crippen LogP) is 1.73. The van der Waals surface area contributed by atoms with Gasteiger partial charge in [0.1, 0.15) is 0 Å². The van der Waals surface area contributed by atoms with Crippen LogP contribution in [0, 0.1) is 5.92 Å². The zero-order valence-corrected chi connectivity index (χ0v) is 12.3. The van der Waals surface area contributed by atoms with Gasteiger partial charge in [-0.25, -0.2) is 13.1 Å². The molecule has 0 aromatic carbocycles. The molecule has 0 rings (SSSR count). The molecule has 0 aliphatic heterocycles. The summed E-state index contributed by atoms with van der Waals surface area (Å²) >= 11 is 0. The van der Waals surface area contributed by atoms with Gasteiger partial charge in [0.05, 0.1) is 5.75 Å². The maximum Gasteiger partial charge on any atom is 0.212 e. The standard InChI is InChI=1S/C12H28N2O2S/c1-4-7-8-12(5-2)11-14-17(15,16)10-9-13-6-3/h12-14H,4-11H2,1-3H3. The van der Waals surface area contributed by atoms with Crippen LogP contribution in [0.25, 0.3) is 0 Å². The van der Waals surface area contributed by atoms with Crippen molar-refractivity contribution >= 4 is 10.0 Å². The van der Waals surface area contributed by atoms with Crippen LogP contribution in [0.15, 0.2) is 0 Å². The van der Waals surface area contributed by atoms with E-state index in [0.717, 1.165) is 19.4 Å². The summed E-state index contributed by atoms with van der Waals surface area (Å²) in [6, 6.07) is 0. The SMILES string of the molecule is CCCCC(CC)CNS(=O)(=O)CCNCC. The lowest BCUT2D eigenvalue weighted by molar-refractivity contribution is 0.443. The first-order chi connectivity index (χ1) is 8.05. The van der Waals surface area contributed by atoms with E-state index in [1.165, 1.54) is 12.8 Å². The zero-order chi connectivity index (χ0) is 13.1. The summed E-state index contributed by atoms with van der Waals surface area (Å²) in [5.41, 5.74) is 0. The smallest absolute Gasteiger partial charge is 0.212 e. The molecule has 104 valence electrons. The molecule has 4 nitrogen and oxygen atoms in total. The zero-order valence-electron chi connectivity index (χ0n) is 11.5. The first-order valence-corrected chi connectivity index (χ1v) is 8.39. The van der Waals surface area contributed by atoms with Gasteiger partial charge in [-0.15, -0.1) is 0 Å². The minimum Gasteiger partial charge on any atom is -0.316 e. The molecule has 0 bridgehead atoms. The summed E-state index contributed by atoms with van der Waals surface area (Å²) in [5.74, 6) is 0.647. The Hall–Kier alpha value is -0.130. The third-order valence-electron chi connectivity index (χ3n) is 2.93. The highest BCUT2D eigenvalue weighted by Crippen LogP contribution is 2.11. The van der Waals surface area contributed by atoms with Gasteiger partial charge in [-0.05, 0) is 18.9 Å². The highest BCUT2D eigenvalue weighted by atomic mass is 32.2. The highest BCUT2D eigenvalue weighted by molar-refractivity contribution is 7.89. The van der Waals surface area contributed by atoms with Crippen molar-refractivity contribution in [2.75, 3.05) is 25.4 Å². The quantitative estimate of drug-likeness (QED) is 0.559. The molecule has 17 heavy (non-hydrogen) atoms. The first kappa shape index (κ1) is 16.9. The fraction of sp³-hybridized carbons (Fsp3) is 1.00. The molecule has 0 aliphatic rings. The average molecular weight is 264 g/mol. The Morgan fingerprint density at radius 2 is 1.88 bits per heavy atom. The van der Waals surface area contributed by atoms with Crippen LogP contribution in [-0.2, 0) is 10.0 Å². The van der Waals surface area contributed by atoms with Gasteiger partial charge < -0.3 is 5.32 Å². The molecule has 0 saturated carbocycles. The molecule has 1 unspecified atom stereocenters. The molecule has 0 aromatic rings. The summed E-state index contributed by atoms with van der Waals surface area (Å²) in [5, 5.41) is 3.02. The van der Waals surface area contributed by atoms with E-state index in [-0.39, 0.29) is 5.75 Å². The van der Waals surface area contributed by atoms with Crippen molar-refractivity contribution in [1.82, 2.24) is 10.0 Å². The minimum absolute atomic E-state index is 0.172. The summed E-state index contributed by atoms with van der Waals surface area (Å²) < 4.78 is 26.0. The Morgan fingerprint density at radius 1 is 1.18 bits per heavy atom. The molecule has 2 N–H and O–H groups in total. The fourth-order valence-electron chi connectivity index (χ4n) is 1.64. The summed E-state index contributed by atoms with van der Waals surface area (Å²) in [6.07, 6.45) is 4.50. The van der Waals surface area contributed by atoms with Crippen LogP contribution in [-0.4, -0.2) is 33.8 Å². The molecule has 0 spiro atoms. The lowest BCUT2D eigenvalue weighted by Crippen LogP contribution is -2.34. The molecule has 0 radical (unpaired) electrons. The molecule has 0 fully saturated rings. The van der Waals surface area contributed by atoms with Gasteiger partial charge in [0, 0.05) is 13.1 Å². The lowest BCUT2D eigenvalue weighted by Gasteiger charge is -2.15. The molecular formula is C12H28N2O2S. The van der Waals surface area contributed by atoms with E-state index in [1.807, 2.05) is 6.92 Å². The average Bonchev–Trinajstić information content (AvgIpc) is 2.29. The Kier molecular flexibility index (Phi) is 9.78. The first-order valence-electron chi connectivity index (χ1n) is 6.73. The number of unbranched alkanes of at least 4 members (excludes halogenated alkanes) is 1. The van der Waals surface area contributed by atoms with Crippen molar-refractivity contribution in [3.63, 3.8) is 0 Å². The van der Waals surface area contributed by atoms with Crippen LogP contribution in [0.2, 0.25) is 0 Å². The number of rotatable bonds is 11. The number of nitrogens with one attached hydrogen (secondary N) is 2. The van der Waals surface area contributed by atoms with Crippen molar-refractivity contribution in [2.45, 2.75) is 46.5 Å². The van der Waals surface area contributed by atoms with E-state index in [1.54, 1.807) is 0 Å². The van der Waals surface area contributed by atoms with E-state index in [0.29, 0.717) is 19.0 Å². The Morgan fingerprint density at radius 3 is 2.41 bits per heavy atom. The highest BCUT2D eigenvalue weighted by Gasteiger charge is 2.12. The maximum atomic E-state index is 11.6. The topological polar surface area (TPSA) is 58.2 Å². The van der Waals surface area contributed by atoms with Gasteiger partial charge in [0.25, 0.3) is 0 Å². The van der Waals surface area contributed by atoms with E-state index < -0.39 is 10.0 Å². The monoisotopic (exact) mass is 264 g/mol. The normalized spacial score (nSPS) is 13.8. The summed E-state index contributed by atoms with van der Waals surface area (Å²) in [7, 11) is -3.10. The number of sulfonamides is 1. The second-order valence-corrected chi connectivity index (χ2v) is 6.36. The third kappa shape index (κ3) is 9.56. The van der Waals surface area contributed by atoms with Crippen LogP contribution in [0.3, 0.4) is 0 Å². The van der Waals surface area contributed by atoms with Crippen molar-refractivity contribution < 1.29 is 8.42 Å². The Labute approximate surface area is 107 Å². The molecule has 0 saturated heterocycles. The van der Waals surface area contributed by atoms with Crippen LogP contribution in [0.4, 0.5) is 0 Å². The van der Waals surface area contributed by atoms with Crippen LogP contribution < -0.4 is 10.0 Å². The second-order valence-electron chi connectivity index (χ2n) is 4.44. The van der Waals surface area contributed by atoms with Crippen LogP contribution >= 0.6 is 0 Å². The van der Waals surface area contributed by atoms with Crippen LogP contribution in [0.5, 0.6) is 0 Å². The summed E-state index contributed by atoms with van der Waals surface area (Å²) in [6.45, 7) is 8.17. The lowest BCUT2D eigenvalue weighted by atomic mass is 10.00. The fourth-order valence-corrected chi connectivity index (χ4v) is 2.69. The van der Waals surface area contributed by atoms with Crippen molar-refractivity contribution in [3.05, 3.63) is 0 Å². The molecule has 0 aliphatic carbocycles. The molecule has 1 atom stereocenters. The maximum absolute atomic E-state index is 11.6. The third-order valence-corrected chi connectivity index (χ3v) is 4.28. The van der Waals surface area contributed by atoms with Crippen molar-refractivity contribution in [2.24, 2.45) is 5.92 Å². The minimum atomic E-state index is -3.10.